The summed E-state index contributed by atoms with van der Waals surface area (Å²) in [6.07, 6.45) is 9.56. The molecule has 1 fully saturated rings. The summed E-state index contributed by atoms with van der Waals surface area (Å²) in [4.78, 5) is 29.2. The largest absolute Gasteiger partial charge is 0.352 e. The van der Waals surface area contributed by atoms with E-state index in [0.29, 0.717) is 18.9 Å². The Bertz CT molecular complexity index is 845. The molecule has 1 aromatic carbocycles. The summed E-state index contributed by atoms with van der Waals surface area (Å²) in [5.41, 5.74) is 1.72. The van der Waals surface area contributed by atoms with Gasteiger partial charge in [0.25, 0.3) is 0 Å². The molecule has 0 radical (unpaired) electrons. The Kier molecular flexibility index (Phi) is 8.96. The van der Waals surface area contributed by atoms with Crippen LogP contribution in [0.2, 0.25) is 0 Å². The van der Waals surface area contributed by atoms with E-state index in [1.807, 2.05) is 30.3 Å². The topological polar surface area (TPSA) is 71.1 Å². The number of nitrogens with zero attached hydrogens (tertiary/aromatic N) is 1. The van der Waals surface area contributed by atoms with E-state index >= 15 is 0 Å². The molecule has 30 heavy (non-hydrogen) atoms. The first-order valence-corrected chi connectivity index (χ1v) is 12.3. The van der Waals surface area contributed by atoms with Crippen molar-refractivity contribution < 1.29 is 9.59 Å². The first kappa shape index (κ1) is 22.6. The number of nitrogens with one attached hydrogen (secondary N) is 2. The third kappa shape index (κ3) is 6.99. The molecular formula is C23H29N3O2S2. The van der Waals surface area contributed by atoms with Crippen molar-refractivity contribution in [1.29, 1.82) is 0 Å². The Hall–Kier alpha value is -2.12. The molecule has 2 amide bonds. The van der Waals surface area contributed by atoms with Crippen LogP contribution in [0.25, 0.3) is 11.3 Å². The van der Waals surface area contributed by atoms with Gasteiger partial charge in [0, 0.05) is 18.5 Å². The predicted molar refractivity (Wildman–Crippen MR) is 126 cm³/mol. The Morgan fingerprint density at radius 2 is 1.93 bits per heavy atom. The van der Waals surface area contributed by atoms with Crippen LogP contribution in [0.1, 0.15) is 44.9 Å². The zero-order valence-electron chi connectivity index (χ0n) is 17.2. The van der Waals surface area contributed by atoms with Crippen molar-refractivity contribution in [2.24, 2.45) is 5.92 Å². The second-order valence-corrected chi connectivity index (χ2v) is 9.72. The molecule has 0 unspecified atom stereocenters. The van der Waals surface area contributed by atoms with Crippen molar-refractivity contribution in [3.63, 3.8) is 0 Å². The fourth-order valence-corrected chi connectivity index (χ4v) is 5.51. The van der Waals surface area contributed by atoms with Crippen molar-refractivity contribution in [2.75, 3.05) is 17.6 Å². The maximum Gasteiger partial charge on any atom is 0.230 e. The highest BCUT2D eigenvalue weighted by Gasteiger charge is 2.19. The first-order chi connectivity index (χ1) is 14.7. The van der Waals surface area contributed by atoms with Crippen LogP contribution in [0, 0.1) is 5.92 Å². The molecule has 1 heterocycles. The molecule has 160 valence electrons. The summed E-state index contributed by atoms with van der Waals surface area (Å²) in [6.45, 7) is 4.05. The number of amides is 2. The summed E-state index contributed by atoms with van der Waals surface area (Å²) in [7, 11) is 0. The van der Waals surface area contributed by atoms with E-state index in [0.717, 1.165) is 27.0 Å². The van der Waals surface area contributed by atoms with Crippen LogP contribution in [0.4, 0.5) is 5.00 Å². The van der Waals surface area contributed by atoms with Crippen molar-refractivity contribution in [3.05, 3.63) is 43.0 Å². The summed E-state index contributed by atoms with van der Waals surface area (Å²) in [5, 5.41) is 6.60. The lowest BCUT2D eigenvalue weighted by atomic mass is 9.86. The van der Waals surface area contributed by atoms with Gasteiger partial charge in [0.05, 0.1) is 5.75 Å². The van der Waals surface area contributed by atoms with Gasteiger partial charge in [-0.25, -0.2) is 4.98 Å². The standard InChI is InChI=1S/C23H29N3O2S2/c1-2-15-24-20(28)16-29-23-26-21(18-11-7-4-8-12-18)22(30-23)25-19(27)14-13-17-9-5-3-6-10-17/h2,4,7-8,11-12,17H,1,3,5-6,9-10,13-16H2,(H,24,28)(H,25,27). The van der Waals surface area contributed by atoms with Crippen LogP contribution < -0.4 is 10.6 Å². The van der Waals surface area contributed by atoms with Crippen molar-refractivity contribution >= 4 is 39.9 Å². The van der Waals surface area contributed by atoms with Gasteiger partial charge in [-0.15, -0.1) is 6.58 Å². The normalized spacial score (nSPS) is 14.3. The highest BCUT2D eigenvalue weighted by atomic mass is 32.2. The molecule has 0 saturated heterocycles. The maximum absolute atomic E-state index is 12.6. The van der Waals surface area contributed by atoms with E-state index in [2.05, 4.69) is 17.2 Å². The average molecular weight is 444 g/mol. The van der Waals surface area contributed by atoms with E-state index in [1.165, 1.54) is 55.2 Å². The van der Waals surface area contributed by atoms with Gasteiger partial charge in [0.2, 0.25) is 11.8 Å². The van der Waals surface area contributed by atoms with E-state index < -0.39 is 0 Å². The second kappa shape index (κ2) is 11.9. The van der Waals surface area contributed by atoms with Crippen LogP contribution in [0.15, 0.2) is 47.3 Å². The molecule has 0 bridgehead atoms. The summed E-state index contributed by atoms with van der Waals surface area (Å²) >= 11 is 2.81. The monoisotopic (exact) mass is 443 g/mol. The molecule has 5 nitrogen and oxygen atoms in total. The zero-order chi connectivity index (χ0) is 21.2. The van der Waals surface area contributed by atoms with Crippen molar-refractivity contribution in [3.8, 4) is 11.3 Å². The third-order valence-electron chi connectivity index (χ3n) is 5.18. The third-order valence-corrected chi connectivity index (χ3v) is 7.30. The SMILES string of the molecule is C=CCNC(=O)CSc1nc(-c2ccccc2)c(NC(=O)CCC2CCCCC2)s1. The van der Waals surface area contributed by atoms with Gasteiger partial charge in [-0.1, -0.05) is 91.6 Å². The van der Waals surface area contributed by atoms with E-state index in [-0.39, 0.29) is 17.6 Å². The van der Waals surface area contributed by atoms with Crippen LogP contribution >= 0.6 is 23.1 Å². The lowest BCUT2D eigenvalue weighted by Gasteiger charge is -2.20. The van der Waals surface area contributed by atoms with E-state index in [1.54, 1.807) is 6.08 Å². The van der Waals surface area contributed by atoms with Gasteiger partial charge in [-0.05, 0) is 12.3 Å². The molecule has 2 N–H and O–H groups in total. The van der Waals surface area contributed by atoms with Gasteiger partial charge in [0.1, 0.15) is 10.7 Å². The van der Waals surface area contributed by atoms with Gasteiger partial charge in [-0.3, -0.25) is 9.59 Å². The van der Waals surface area contributed by atoms with E-state index in [4.69, 9.17) is 4.98 Å². The second-order valence-electron chi connectivity index (χ2n) is 7.50. The Morgan fingerprint density at radius 1 is 1.17 bits per heavy atom. The summed E-state index contributed by atoms with van der Waals surface area (Å²) < 4.78 is 0.769. The number of carbonyl (C=O) groups is 2. The molecule has 1 aliphatic carbocycles. The lowest BCUT2D eigenvalue weighted by Crippen LogP contribution is -2.24. The molecule has 1 aliphatic rings. The van der Waals surface area contributed by atoms with Crippen LogP contribution in [0.5, 0.6) is 0 Å². The quantitative estimate of drug-likeness (QED) is 0.375. The number of anilines is 1. The number of carbonyl (C=O) groups excluding carboxylic acids is 2. The van der Waals surface area contributed by atoms with E-state index in [9.17, 15) is 9.59 Å². The van der Waals surface area contributed by atoms with Crippen LogP contribution in [-0.4, -0.2) is 29.1 Å². The molecule has 2 aromatic rings. The summed E-state index contributed by atoms with van der Waals surface area (Å²) in [6, 6.07) is 9.84. The average Bonchev–Trinajstić information content (AvgIpc) is 3.18. The van der Waals surface area contributed by atoms with Crippen molar-refractivity contribution in [1.82, 2.24) is 10.3 Å². The number of thiazole rings is 1. The van der Waals surface area contributed by atoms with Crippen LogP contribution in [0.3, 0.4) is 0 Å². The fraction of sp³-hybridized carbons (Fsp3) is 0.435. The fourth-order valence-electron chi connectivity index (χ4n) is 3.60. The predicted octanol–water partition coefficient (Wildman–Crippen LogP) is 5.50. The van der Waals surface area contributed by atoms with Gasteiger partial charge >= 0.3 is 0 Å². The van der Waals surface area contributed by atoms with Gasteiger partial charge < -0.3 is 10.6 Å². The minimum absolute atomic E-state index is 0.0432. The Balaban J connectivity index is 1.64. The smallest absolute Gasteiger partial charge is 0.230 e. The minimum atomic E-state index is -0.0607. The number of hydrogen-bond donors (Lipinski definition) is 2. The minimum Gasteiger partial charge on any atom is -0.352 e. The lowest BCUT2D eigenvalue weighted by molar-refractivity contribution is -0.118. The number of hydrogen-bond acceptors (Lipinski definition) is 5. The number of aromatic nitrogens is 1. The van der Waals surface area contributed by atoms with Crippen molar-refractivity contribution in [2.45, 2.75) is 49.3 Å². The van der Waals surface area contributed by atoms with Crippen LogP contribution in [-0.2, 0) is 9.59 Å². The highest BCUT2D eigenvalue weighted by Crippen LogP contribution is 2.38. The van der Waals surface area contributed by atoms with Gasteiger partial charge in [0.15, 0.2) is 4.34 Å². The summed E-state index contributed by atoms with van der Waals surface area (Å²) in [5.74, 6) is 0.945. The number of rotatable bonds is 10. The number of benzene rings is 1. The zero-order valence-corrected chi connectivity index (χ0v) is 18.8. The molecule has 1 aromatic heterocycles. The van der Waals surface area contributed by atoms with Gasteiger partial charge in [-0.2, -0.15) is 0 Å². The molecular weight excluding hydrogens is 414 g/mol. The molecule has 0 atom stereocenters. The first-order valence-electron chi connectivity index (χ1n) is 10.5. The molecule has 3 rings (SSSR count). The molecule has 7 heteroatoms. The molecule has 1 saturated carbocycles. The molecule has 0 spiro atoms. The number of thioether (sulfide) groups is 1. The Morgan fingerprint density at radius 3 is 2.67 bits per heavy atom. The molecule has 0 aliphatic heterocycles. The Labute approximate surface area is 186 Å². The maximum atomic E-state index is 12.6. The highest BCUT2D eigenvalue weighted by molar-refractivity contribution is 8.01.